The predicted octanol–water partition coefficient (Wildman–Crippen LogP) is 1.97. The van der Waals surface area contributed by atoms with Crippen LogP contribution in [0.15, 0.2) is 35.0 Å². The Hall–Kier alpha value is -2.60. The van der Waals surface area contributed by atoms with Crippen LogP contribution in [0.3, 0.4) is 0 Å². The molecule has 0 saturated carbocycles. The molecule has 0 radical (unpaired) electrons. The number of fused-ring (bicyclic) bond motifs is 2. The number of carbonyl (C=O) groups is 1. The molecule has 23 heavy (non-hydrogen) atoms. The van der Waals surface area contributed by atoms with E-state index in [2.05, 4.69) is 20.6 Å². The van der Waals surface area contributed by atoms with Gasteiger partial charge in [0.1, 0.15) is 17.4 Å². The molecular weight excluding hydrogens is 292 g/mol. The molecule has 0 saturated heterocycles. The van der Waals surface area contributed by atoms with Gasteiger partial charge in [0.15, 0.2) is 0 Å². The lowest BCUT2D eigenvalue weighted by molar-refractivity contribution is -0.123. The van der Waals surface area contributed by atoms with Crippen molar-refractivity contribution < 1.29 is 9.21 Å². The van der Waals surface area contributed by atoms with Gasteiger partial charge in [0.2, 0.25) is 5.91 Å². The lowest BCUT2D eigenvalue weighted by Gasteiger charge is -2.22. The third-order valence-electron chi connectivity index (χ3n) is 4.38. The molecule has 1 atom stereocenters. The van der Waals surface area contributed by atoms with Crippen molar-refractivity contribution in [1.82, 2.24) is 20.6 Å². The lowest BCUT2D eigenvalue weighted by atomic mass is 10.0. The Balaban J connectivity index is 1.51. The molecule has 3 N–H and O–H groups in total. The average Bonchev–Trinajstić information content (AvgIpc) is 3.17. The van der Waals surface area contributed by atoms with E-state index in [4.69, 9.17) is 4.42 Å². The summed E-state index contributed by atoms with van der Waals surface area (Å²) in [7, 11) is 0. The number of furan rings is 1. The topological polar surface area (TPSA) is 83.0 Å². The van der Waals surface area contributed by atoms with Crippen LogP contribution in [0.5, 0.6) is 0 Å². The molecule has 118 valence electrons. The van der Waals surface area contributed by atoms with Crippen LogP contribution in [0.2, 0.25) is 0 Å². The molecule has 0 bridgehead atoms. The number of hydrogen-bond donors (Lipinski definition) is 3. The summed E-state index contributed by atoms with van der Waals surface area (Å²) >= 11 is 0. The zero-order valence-electron chi connectivity index (χ0n) is 12.8. The number of hydrogen-bond acceptors (Lipinski definition) is 4. The molecule has 0 spiro atoms. The normalized spacial score (nSPS) is 17.2. The highest BCUT2D eigenvalue weighted by Crippen LogP contribution is 2.25. The van der Waals surface area contributed by atoms with E-state index < -0.39 is 6.04 Å². The molecule has 3 heterocycles. The van der Waals surface area contributed by atoms with Gasteiger partial charge in [0, 0.05) is 29.6 Å². The van der Waals surface area contributed by atoms with E-state index in [1.54, 1.807) is 6.33 Å². The Kier molecular flexibility index (Phi) is 3.38. The number of rotatable bonds is 3. The van der Waals surface area contributed by atoms with Gasteiger partial charge in [-0.3, -0.25) is 4.79 Å². The van der Waals surface area contributed by atoms with E-state index in [0.29, 0.717) is 6.54 Å². The quantitative estimate of drug-likeness (QED) is 0.690. The molecule has 1 amide bonds. The molecule has 6 nitrogen and oxygen atoms in total. The van der Waals surface area contributed by atoms with E-state index >= 15 is 0 Å². The number of carbonyl (C=O) groups excluding carboxylic acids is 1. The van der Waals surface area contributed by atoms with E-state index in [9.17, 15) is 4.79 Å². The second-order valence-corrected chi connectivity index (χ2v) is 5.77. The van der Waals surface area contributed by atoms with Gasteiger partial charge in [-0.2, -0.15) is 0 Å². The van der Waals surface area contributed by atoms with Gasteiger partial charge in [-0.25, -0.2) is 4.98 Å². The highest BCUT2D eigenvalue weighted by molar-refractivity contribution is 5.84. The fraction of sp³-hybridized carbons (Fsp3) is 0.294. The monoisotopic (exact) mass is 310 g/mol. The van der Waals surface area contributed by atoms with Gasteiger partial charge in [0.25, 0.3) is 0 Å². The van der Waals surface area contributed by atoms with Crippen molar-refractivity contribution in [2.45, 2.75) is 25.9 Å². The van der Waals surface area contributed by atoms with Crippen LogP contribution in [-0.4, -0.2) is 22.4 Å². The third-order valence-corrected chi connectivity index (χ3v) is 4.38. The molecule has 0 aliphatic carbocycles. The Morgan fingerprint density at radius 1 is 1.43 bits per heavy atom. The first-order chi connectivity index (χ1) is 11.2. The maximum Gasteiger partial charge on any atom is 0.243 e. The van der Waals surface area contributed by atoms with E-state index in [1.807, 2.05) is 31.2 Å². The van der Waals surface area contributed by atoms with Crippen molar-refractivity contribution in [2.24, 2.45) is 0 Å². The van der Waals surface area contributed by atoms with Crippen molar-refractivity contribution in [3.63, 3.8) is 0 Å². The molecule has 4 rings (SSSR count). The first kappa shape index (κ1) is 14.0. The third kappa shape index (κ3) is 2.41. The number of aromatic nitrogens is 2. The van der Waals surface area contributed by atoms with Crippen LogP contribution in [0.1, 0.15) is 28.8 Å². The minimum Gasteiger partial charge on any atom is -0.459 e. The van der Waals surface area contributed by atoms with Crippen LogP contribution in [0.4, 0.5) is 0 Å². The molecule has 3 aromatic rings. The van der Waals surface area contributed by atoms with Crippen LogP contribution < -0.4 is 10.6 Å². The zero-order chi connectivity index (χ0) is 15.8. The molecule has 1 aromatic carbocycles. The van der Waals surface area contributed by atoms with Gasteiger partial charge >= 0.3 is 0 Å². The van der Waals surface area contributed by atoms with Crippen LogP contribution in [0.25, 0.3) is 11.0 Å². The van der Waals surface area contributed by atoms with Crippen LogP contribution in [-0.2, 0) is 17.8 Å². The van der Waals surface area contributed by atoms with Gasteiger partial charge < -0.3 is 20.0 Å². The number of imidazole rings is 1. The summed E-state index contributed by atoms with van der Waals surface area (Å²) < 4.78 is 5.83. The molecule has 2 aromatic heterocycles. The van der Waals surface area contributed by atoms with Crippen molar-refractivity contribution in [2.75, 3.05) is 6.54 Å². The second kappa shape index (κ2) is 5.55. The number of aryl methyl sites for hydroxylation is 1. The van der Waals surface area contributed by atoms with E-state index in [0.717, 1.165) is 46.6 Å². The summed E-state index contributed by atoms with van der Waals surface area (Å²) in [5, 5.41) is 7.25. The summed E-state index contributed by atoms with van der Waals surface area (Å²) in [6, 6.07) is 7.48. The number of para-hydroxylation sites is 1. The molecule has 1 aliphatic heterocycles. The maximum absolute atomic E-state index is 12.5. The Bertz CT molecular complexity index is 864. The van der Waals surface area contributed by atoms with Gasteiger partial charge in [-0.15, -0.1) is 0 Å². The molecule has 1 aliphatic rings. The first-order valence-electron chi connectivity index (χ1n) is 7.74. The van der Waals surface area contributed by atoms with Gasteiger partial charge in [-0.1, -0.05) is 18.2 Å². The molecular formula is C17H18N4O2. The SMILES string of the molecule is Cc1c(CNC(=O)[C@@H]2NCCc3[nH]cnc32)oc2ccccc12. The van der Waals surface area contributed by atoms with Crippen molar-refractivity contribution in [3.05, 3.63) is 53.3 Å². The largest absolute Gasteiger partial charge is 0.459 e. The fourth-order valence-corrected chi connectivity index (χ4v) is 3.10. The lowest BCUT2D eigenvalue weighted by Crippen LogP contribution is -2.41. The Labute approximate surface area is 133 Å². The summed E-state index contributed by atoms with van der Waals surface area (Å²) in [6.45, 7) is 3.15. The summed E-state index contributed by atoms with van der Waals surface area (Å²) in [5.41, 5.74) is 3.73. The molecule has 0 unspecified atom stereocenters. The van der Waals surface area contributed by atoms with Crippen molar-refractivity contribution in [3.8, 4) is 0 Å². The summed E-state index contributed by atoms with van der Waals surface area (Å²) in [6.07, 6.45) is 2.50. The number of nitrogens with one attached hydrogen (secondary N) is 3. The number of benzene rings is 1. The van der Waals surface area contributed by atoms with Gasteiger partial charge in [-0.05, 0) is 13.0 Å². The standard InChI is InChI=1S/C17H18N4O2/c1-10-11-4-2-3-5-13(11)23-14(10)8-19-17(22)16-15-12(6-7-18-16)20-9-21-15/h2-5,9,16,18H,6-8H2,1H3,(H,19,22)(H,20,21)/t16-/m1/s1. The van der Waals surface area contributed by atoms with Crippen LogP contribution >= 0.6 is 0 Å². The van der Waals surface area contributed by atoms with Crippen LogP contribution in [0, 0.1) is 6.92 Å². The number of aromatic amines is 1. The van der Waals surface area contributed by atoms with Crippen molar-refractivity contribution in [1.29, 1.82) is 0 Å². The van der Waals surface area contributed by atoms with E-state index in [1.165, 1.54) is 0 Å². The minimum absolute atomic E-state index is 0.0853. The summed E-state index contributed by atoms with van der Waals surface area (Å²) in [4.78, 5) is 19.8. The number of nitrogens with zero attached hydrogens (tertiary/aromatic N) is 1. The Morgan fingerprint density at radius 2 is 2.30 bits per heavy atom. The number of H-pyrrole nitrogens is 1. The van der Waals surface area contributed by atoms with Gasteiger partial charge in [0.05, 0.1) is 18.6 Å². The molecule has 6 heteroatoms. The highest BCUT2D eigenvalue weighted by Gasteiger charge is 2.28. The summed E-state index contributed by atoms with van der Waals surface area (Å²) in [5.74, 6) is 0.704. The highest BCUT2D eigenvalue weighted by atomic mass is 16.3. The Morgan fingerprint density at radius 3 is 3.17 bits per heavy atom. The average molecular weight is 310 g/mol. The van der Waals surface area contributed by atoms with E-state index in [-0.39, 0.29) is 5.91 Å². The van der Waals surface area contributed by atoms with Crippen molar-refractivity contribution >= 4 is 16.9 Å². The fourth-order valence-electron chi connectivity index (χ4n) is 3.10. The predicted molar refractivity (Wildman–Crippen MR) is 85.8 cm³/mol. The smallest absolute Gasteiger partial charge is 0.243 e. The maximum atomic E-state index is 12.5. The number of amides is 1. The first-order valence-corrected chi connectivity index (χ1v) is 7.74. The second-order valence-electron chi connectivity index (χ2n) is 5.77. The minimum atomic E-state index is -0.408. The zero-order valence-corrected chi connectivity index (χ0v) is 12.8. The molecule has 0 fully saturated rings.